The van der Waals surface area contributed by atoms with E-state index in [1.807, 2.05) is 32.0 Å². The number of rotatable bonds is 6. The van der Waals surface area contributed by atoms with Crippen molar-refractivity contribution in [2.24, 2.45) is 0 Å². The second-order valence-electron chi connectivity index (χ2n) is 4.49. The maximum Gasteiger partial charge on any atom is 0.314 e. The second-order valence-corrected chi connectivity index (χ2v) is 4.49. The molecule has 0 aromatic heterocycles. The van der Waals surface area contributed by atoms with Crippen molar-refractivity contribution in [2.75, 3.05) is 20.8 Å². The van der Waals surface area contributed by atoms with E-state index >= 15 is 0 Å². The molecule has 0 saturated heterocycles. The van der Waals surface area contributed by atoms with Gasteiger partial charge >= 0.3 is 6.03 Å². The van der Waals surface area contributed by atoms with Crippen molar-refractivity contribution in [2.45, 2.75) is 26.3 Å². The van der Waals surface area contributed by atoms with Gasteiger partial charge in [0.05, 0.1) is 14.2 Å². The lowest BCUT2D eigenvalue weighted by Gasteiger charge is -2.11. The van der Waals surface area contributed by atoms with Crippen LogP contribution >= 0.6 is 0 Å². The van der Waals surface area contributed by atoms with E-state index in [1.54, 1.807) is 14.2 Å². The fraction of sp³-hybridized carbons (Fsp3) is 0.500. The van der Waals surface area contributed by atoms with E-state index in [0.717, 1.165) is 12.0 Å². The van der Waals surface area contributed by atoms with Crippen molar-refractivity contribution in [1.82, 2.24) is 10.6 Å². The Hall–Kier alpha value is -1.91. The van der Waals surface area contributed by atoms with Gasteiger partial charge in [0.15, 0.2) is 11.5 Å². The predicted molar refractivity (Wildman–Crippen MR) is 74.9 cm³/mol. The number of methoxy groups -OCH3 is 2. The van der Waals surface area contributed by atoms with E-state index in [2.05, 4.69) is 10.6 Å². The van der Waals surface area contributed by atoms with Crippen molar-refractivity contribution in [3.63, 3.8) is 0 Å². The highest BCUT2D eigenvalue weighted by atomic mass is 16.5. The molecule has 2 N–H and O–H groups in total. The van der Waals surface area contributed by atoms with E-state index < -0.39 is 0 Å². The molecule has 5 heteroatoms. The van der Waals surface area contributed by atoms with Crippen molar-refractivity contribution >= 4 is 6.03 Å². The smallest absolute Gasteiger partial charge is 0.314 e. The first kappa shape index (κ1) is 15.1. The van der Waals surface area contributed by atoms with Crippen LogP contribution in [0.2, 0.25) is 0 Å². The molecule has 0 heterocycles. The quantitative estimate of drug-likeness (QED) is 0.827. The zero-order valence-electron chi connectivity index (χ0n) is 11.9. The molecule has 0 atom stereocenters. The summed E-state index contributed by atoms with van der Waals surface area (Å²) in [6, 6.07) is 5.74. The Labute approximate surface area is 114 Å². The standard InChI is InChI=1S/C14H22N2O3/c1-10(2)16-14(17)15-8-7-11-5-6-12(18-3)13(9-11)19-4/h5-6,9-10H,7-8H2,1-4H3,(H2,15,16,17). The first-order chi connectivity index (χ1) is 9.06. The van der Waals surface area contributed by atoms with Gasteiger partial charge in [-0.05, 0) is 38.0 Å². The number of ether oxygens (including phenoxy) is 2. The molecule has 0 fully saturated rings. The average molecular weight is 266 g/mol. The van der Waals surface area contributed by atoms with Gasteiger partial charge in [0, 0.05) is 12.6 Å². The molecular formula is C14H22N2O3. The summed E-state index contributed by atoms with van der Waals surface area (Å²) < 4.78 is 10.4. The first-order valence-electron chi connectivity index (χ1n) is 6.32. The Morgan fingerprint density at radius 2 is 1.89 bits per heavy atom. The van der Waals surface area contributed by atoms with E-state index in [9.17, 15) is 4.79 Å². The fourth-order valence-corrected chi connectivity index (χ4v) is 1.67. The molecule has 1 aromatic carbocycles. The normalized spacial score (nSPS) is 10.2. The summed E-state index contributed by atoms with van der Waals surface area (Å²) in [5, 5.41) is 5.58. The van der Waals surface area contributed by atoms with Crippen LogP contribution in [0.25, 0.3) is 0 Å². The minimum absolute atomic E-state index is 0.140. The van der Waals surface area contributed by atoms with Crippen LogP contribution in [0, 0.1) is 0 Å². The van der Waals surface area contributed by atoms with Crippen LogP contribution in [0.1, 0.15) is 19.4 Å². The van der Waals surface area contributed by atoms with Crippen LogP contribution in [-0.4, -0.2) is 32.8 Å². The van der Waals surface area contributed by atoms with Gasteiger partial charge in [-0.25, -0.2) is 4.79 Å². The Bertz CT molecular complexity index is 419. The number of carbonyl (C=O) groups is 1. The summed E-state index contributed by atoms with van der Waals surface area (Å²) in [5.74, 6) is 1.41. The zero-order chi connectivity index (χ0) is 14.3. The third-order valence-electron chi connectivity index (χ3n) is 2.57. The molecule has 1 aromatic rings. The summed E-state index contributed by atoms with van der Waals surface area (Å²) in [6.07, 6.45) is 0.742. The SMILES string of the molecule is COc1ccc(CCNC(=O)NC(C)C)cc1OC. The lowest BCUT2D eigenvalue weighted by Crippen LogP contribution is -2.40. The zero-order valence-corrected chi connectivity index (χ0v) is 11.9. The molecule has 0 aliphatic rings. The number of hydrogen-bond donors (Lipinski definition) is 2. The molecule has 0 aliphatic carbocycles. The van der Waals surface area contributed by atoms with Crippen LogP contribution in [-0.2, 0) is 6.42 Å². The third kappa shape index (κ3) is 5.07. The Balaban J connectivity index is 2.47. The lowest BCUT2D eigenvalue weighted by molar-refractivity contribution is 0.238. The number of carbonyl (C=O) groups excluding carboxylic acids is 1. The Morgan fingerprint density at radius 3 is 2.47 bits per heavy atom. The molecule has 106 valence electrons. The molecule has 2 amide bonds. The van der Waals surface area contributed by atoms with Crippen LogP contribution in [0.5, 0.6) is 11.5 Å². The van der Waals surface area contributed by atoms with Gasteiger partial charge in [0.1, 0.15) is 0 Å². The summed E-state index contributed by atoms with van der Waals surface area (Å²) in [5.41, 5.74) is 1.09. The molecule has 0 radical (unpaired) electrons. The molecule has 0 spiro atoms. The number of benzene rings is 1. The maximum absolute atomic E-state index is 11.4. The topological polar surface area (TPSA) is 59.6 Å². The van der Waals surface area contributed by atoms with E-state index in [4.69, 9.17) is 9.47 Å². The Kier molecular flexibility index (Phi) is 5.99. The summed E-state index contributed by atoms with van der Waals surface area (Å²) in [7, 11) is 3.21. The van der Waals surface area contributed by atoms with Crippen molar-refractivity contribution in [3.8, 4) is 11.5 Å². The largest absolute Gasteiger partial charge is 0.493 e. The highest BCUT2D eigenvalue weighted by molar-refractivity contribution is 5.74. The predicted octanol–water partition coefficient (Wildman–Crippen LogP) is 1.95. The molecule has 0 saturated carbocycles. The molecule has 0 aliphatic heterocycles. The van der Waals surface area contributed by atoms with Crippen LogP contribution < -0.4 is 20.1 Å². The van der Waals surface area contributed by atoms with Gasteiger partial charge in [-0.2, -0.15) is 0 Å². The molecular weight excluding hydrogens is 244 g/mol. The van der Waals surface area contributed by atoms with E-state index in [0.29, 0.717) is 18.0 Å². The summed E-state index contributed by atoms with van der Waals surface area (Å²) >= 11 is 0. The van der Waals surface area contributed by atoms with E-state index in [1.165, 1.54) is 0 Å². The van der Waals surface area contributed by atoms with Gasteiger partial charge in [-0.1, -0.05) is 6.07 Å². The highest BCUT2D eigenvalue weighted by Crippen LogP contribution is 2.27. The fourth-order valence-electron chi connectivity index (χ4n) is 1.67. The van der Waals surface area contributed by atoms with Gasteiger partial charge in [-0.15, -0.1) is 0 Å². The van der Waals surface area contributed by atoms with Crippen LogP contribution in [0.3, 0.4) is 0 Å². The average Bonchev–Trinajstić information content (AvgIpc) is 2.37. The van der Waals surface area contributed by atoms with Gasteiger partial charge in [0.2, 0.25) is 0 Å². The van der Waals surface area contributed by atoms with Gasteiger partial charge in [0.25, 0.3) is 0 Å². The lowest BCUT2D eigenvalue weighted by atomic mass is 10.1. The van der Waals surface area contributed by atoms with E-state index in [-0.39, 0.29) is 12.1 Å². The number of hydrogen-bond acceptors (Lipinski definition) is 3. The second kappa shape index (κ2) is 7.51. The molecule has 0 unspecified atom stereocenters. The highest BCUT2D eigenvalue weighted by Gasteiger charge is 2.05. The molecule has 5 nitrogen and oxygen atoms in total. The number of nitrogens with one attached hydrogen (secondary N) is 2. The van der Waals surface area contributed by atoms with Crippen molar-refractivity contribution in [3.05, 3.63) is 23.8 Å². The van der Waals surface area contributed by atoms with Gasteiger partial charge < -0.3 is 20.1 Å². The molecule has 1 rings (SSSR count). The summed E-state index contributed by atoms with van der Waals surface area (Å²) in [6.45, 7) is 4.43. The minimum atomic E-state index is -0.143. The summed E-state index contributed by atoms with van der Waals surface area (Å²) in [4.78, 5) is 11.4. The molecule has 19 heavy (non-hydrogen) atoms. The van der Waals surface area contributed by atoms with Crippen molar-refractivity contribution in [1.29, 1.82) is 0 Å². The minimum Gasteiger partial charge on any atom is -0.493 e. The van der Waals surface area contributed by atoms with Crippen molar-refractivity contribution < 1.29 is 14.3 Å². The first-order valence-corrected chi connectivity index (χ1v) is 6.32. The Morgan fingerprint density at radius 1 is 1.21 bits per heavy atom. The monoisotopic (exact) mass is 266 g/mol. The molecule has 0 bridgehead atoms. The van der Waals surface area contributed by atoms with Crippen LogP contribution in [0.15, 0.2) is 18.2 Å². The maximum atomic E-state index is 11.4. The van der Waals surface area contributed by atoms with Gasteiger partial charge in [-0.3, -0.25) is 0 Å². The third-order valence-corrected chi connectivity index (χ3v) is 2.57. The van der Waals surface area contributed by atoms with Crippen LogP contribution in [0.4, 0.5) is 4.79 Å². The number of amides is 2. The number of urea groups is 1.